The van der Waals surface area contributed by atoms with E-state index in [-0.39, 0.29) is 29.1 Å². The van der Waals surface area contributed by atoms with Gasteiger partial charge in [0.05, 0.1) is 22.1 Å². The van der Waals surface area contributed by atoms with Gasteiger partial charge < -0.3 is 19.6 Å². The van der Waals surface area contributed by atoms with Crippen molar-refractivity contribution in [3.8, 4) is 0 Å². The van der Waals surface area contributed by atoms with Crippen LogP contribution in [0.4, 0.5) is 46.0 Å². The van der Waals surface area contributed by atoms with Crippen LogP contribution in [0.1, 0.15) is 62.8 Å². The summed E-state index contributed by atoms with van der Waals surface area (Å²) in [6.45, 7) is 11.8. The molecule has 3 aliphatic heterocycles. The van der Waals surface area contributed by atoms with Crippen LogP contribution in [-0.4, -0.2) is 32.3 Å². The Morgan fingerprint density at radius 1 is 0.483 bits per heavy atom. The zero-order valence-corrected chi connectivity index (χ0v) is 34.6. The number of hydrogen-bond acceptors (Lipinski definition) is 8. The lowest BCUT2D eigenvalue weighted by Gasteiger charge is -2.43. The second-order valence-corrected chi connectivity index (χ2v) is 17.2. The minimum absolute atomic E-state index is 0.0990. The number of benzene rings is 6. The van der Waals surface area contributed by atoms with E-state index in [1.165, 1.54) is 33.6 Å². The molecule has 8 nitrogen and oxygen atoms in total. The first kappa shape index (κ1) is 35.2. The smallest absolute Gasteiger partial charge is 0.179 e. The van der Waals surface area contributed by atoms with Gasteiger partial charge in [0.2, 0.25) is 0 Å². The third-order valence-electron chi connectivity index (χ3n) is 14.4. The van der Waals surface area contributed by atoms with Gasteiger partial charge in [-0.2, -0.15) is 0 Å². The summed E-state index contributed by atoms with van der Waals surface area (Å²) in [5.74, 6) is 3.68. The molecule has 0 radical (unpaired) electrons. The van der Waals surface area contributed by atoms with Gasteiger partial charge in [-0.15, -0.1) is 0 Å². The van der Waals surface area contributed by atoms with E-state index in [4.69, 9.17) is 19.9 Å². The van der Waals surface area contributed by atoms with Gasteiger partial charge in [0, 0.05) is 39.5 Å². The van der Waals surface area contributed by atoms with Crippen molar-refractivity contribution in [3.63, 3.8) is 0 Å². The van der Waals surface area contributed by atoms with Gasteiger partial charge in [0.25, 0.3) is 0 Å². The van der Waals surface area contributed by atoms with E-state index in [0.29, 0.717) is 0 Å². The molecule has 4 aliphatic rings. The van der Waals surface area contributed by atoms with E-state index in [0.717, 1.165) is 69.6 Å². The van der Waals surface area contributed by atoms with Crippen LogP contribution < -0.4 is 19.6 Å². The summed E-state index contributed by atoms with van der Waals surface area (Å²) in [5.41, 5.74) is 13.0. The first-order valence-corrected chi connectivity index (χ1v) is 21.4. The Morgan fingerprint density at radius 2 is 0.983 bits per heavy atom. The molecule has 0 N–H and O–H groups in total. The van der Waals surface area contributed by atoms with Crippen LogP contribution in [0.5, 0.6) is 0 Å². The Morgan fingerprint density at radius 3 is 1.60 bits per heavy atom. The van der Waals surface area contributed by atoms with Gasteiger partial charge in [0.15, 0.2) is 23.3 Å². The monoisotopic (exact) mass is 782 g/mol. The molecule has 1 fully saturated rings. The normalized spacial score (nSPS) is 23.4. The van der Waals surface area contributed by atoms with E-state index >= 15 is 0 Å². The van der Waals surface area contributed by atoms with Crippen molar-refractivity contribution in [1.82, 2.24) is 19.9 Å². The highest BCUT2D eigenvalue weighted by Gasteiger charge is 2.81. The lowest BCUT2D eigenvalue weighted by atomic mass is 9.81. The van der Waals surface area contributed by atoms with Crippen molar-refractivity contribution in [1.29, 1.82) is 0 Å². The molecule has 12 rings (SSSR count). The lowest BCUT2D eigenvalue weighted by molar-refractivity contribution is 0.367. The third kappa shape index (κ3) is 4.56. The number of hydrogen-bond donors (Lipinski definition) is 0. The molecular formula is C52H46N8. The summed E-state index contributed by atoms with van der Waals surface area (Å²) in [4.78, 5) is 31.5. The fourth-order valence-corrected chi connectivity index (χ4v) is 11.3. The molecule has 60 heavy (non-hydrogen) atoms. The van der Waals surface area contributed by atoms with Crippen LogP contribution >= 0.6 is 0 Å². The number of anilines is 8. The predicted octanol–water partition coefficient (Wildman–Crippen LogP) is 12.0. The van der Waals surface area contributed by atoms with Crippen molar-refractivity contribution in [3.05, 3.63) is 168 Å². The molecule has 0 amide bonds. The molecule has 8 aromatic rings. The molecular weight excluding hydrogens is 737 g/mol. The second-order valence-electron chi connectivity index (χ2n) is 17.2. The quantitative estimate of drug-likeness (QED) is 0.165. The minimum Gasteiger partial charge on any atom is -0.302 e. The maximum atomic E-state index is 5.45. The van der Waals surface area contributed by atoms with Crippen molar-refractivity contribution in [2.75, 3.05) is 19.6 Å². The molecule has 0 bridgehead atoms. The van der Waals surface area contributed by atoms with Crippen molar-refractivity contribution in [2.24, 2.45) is 5.41 Å². The second kappa shape index (κ2) is 12.6. The van der Waals surface area contributed by atoms with Gasteiger partial charge >= 0.3 is 0 Å². The molecule has 294 valence electrons. The number of para-hydroxylation sites is 6. The Labute approximate surface area is 350 Å². The largest absolute Gasteiger partial charge is 0.302 e. The molecule has 0 spiro atoms. The first-order chi connectivity index (χ1) is 29.3. The molecule has 5 atom stereocenters. The summed E-state index contributed by atoms with van der Waals surface area (Å²) < 4.78 is 0. The van der Waals surface area contributed by atoms with E-state index in [2.05, 4.69) is 194 Å². The molecule has 5 heterocycles. The van der Waals surface area contributed by atoms with Gasteiger partial charge in [-0.25, -0.2) is 19.9 Å². The van der Waals surface area contributed by atoms with Crippen LogP contribution in [0.3, 0.4) is 0 Å². The molecule has 5 unspecified atom stereocenters. The molecule has 1 saturated carbocycles. The maximum Gasteiger partial charge on any atom is 0.179 e. The Kier molecular flexibility index (Phi) is 7.39. The zero-order chi connectivity index (χ0) is 40.5. The Balaban J connectivity index is 1.09. The highest BCUT2D eigenvalue weighted by atomic mass is 15.5. The average Bonchev–Trinajstić information content (AvgIpc) is 3.48. The number of rotatable bonds is 6. The Hall–Kier alpha value is -6.80. The van der Waals surface area contributed by atoms with Crippen molar-refractivity contribution >= 4 is 68.1 Å². The third-order valence-corrected chi connectivity index (χ3v) is 14.4. The van der Waals surface area contributed by atoms with E-state index in [1.54, 1.807) is 0 Å². The summed E-state index contributed by atoms with van der Waals surface area (Å²) in [5, 5.41) is 0. The van der Waals surface area contributed by atoms with Crippen LogP contribution in [-0.2, 0) is 18.3 Å². The summed E-state index contributed by atoms with van der Waals surface area (Å²) >= 11 is 0. The van der Waals surface area contributed by atoms with Crippen LogP contribution in [0, 0.1) is 5.41 Å². The number of aryl methyl sites for hydroxylation is 2. The Bertz CT molecular complexity index is 3020. The SMILES string of the molecule is CCc1ccc(N2c3nc4ccccc4nc3N(c3ccc(CC)cc3C3C4(C)c5ccccc5N5c6nc7ccccc7nc6N(c6ccccc6)C5C34C)C2C)cc1. The van der Waals surface area contributed by atoms with Gasteiger partial charge in [0.1, 0.15) is 12.3 Å². The molecule has 2 aromatic heterocycles. The fourth-order valence-electron chi connectivity index (χ4n) is 11.3. The van der Waals surface area contributed by atoms with Crippen LogP contribution in [0.15, 0.2) is 146 Å². The average molecular weight is 783 g/mol. The lowest BCUT2D eigenvalue weighted by Crippen LogP contribution is -2.50. The first-order valence-electron chi connectivity index (χ1n) is 21.4. The van der Waals surface area contributed by atoms with Crippen molar-refractivity contribution < 1.29 is 0 Å². The van der Waals surface area contributed by atoms with Crippen LogP contribution in [0.25, 0.3) is 22.1 Å². The van der Waals surface area contributed by atoms with Gasteiger partial charge in [-0.05, 0) is 103 Å². The van der Waals surface area contributed by atoms with Gasteiger partial charge in [-0.1, -0.05) is 113 Å². The number of aromatic nitrogens is 4. The van der Waals surface area contributed by atoms with E-state index < -0.39 is 0 Å². The summed E-state index contributed by atoms with van der Waals surface area (Å²) in [7, 11) is 0. The zero-order valence-electron chi connectivity index (χ0n) is 34.6. The van der Waals surface area contributed by atoms with Gasteiger partial charge in [-0.3, -0.25) is 0 Å². The van der Waals surface area contributed by atoms with Crippen molar-refractivity contribution in [2.45, 2.75) is 71.1 Å². The standard InChI is InChI=1S/C52H46N8/c1-6-33-25-28-36(29-26-33)57-32(3)58(47-46(57)53-39-20-12-13-21-40(39)54-47)43-30-27-34(7-2)31-37(43)45-51(4)38-19-11-16-24-44(38)60-49-48(55-41-22-14-15-23-42(41)56-49)59(50(60)52(45,51)5)35-17-9-8-10-18-35/h8-32,45,50H,6-7H2,1-5H3. The number of nitrogens with zero attached hydrogens (tertiary/aromatic N) is 8. The maximum absolute atomic E-state index is 5.45. The minimum atomic E-state index is -0.288. The highest BCUT2D eigenvalue weighted by molar-refractivity contribution is 5.94. The number of fused-ring (bicyclic) bond motifs is 11. The summed E-state index contributed by atoms with van der Waals surface area (Å²) in [6, 6.07) is 52.5. The summed E-state index contributed by atoms with van der Waals surface area (Å²) in [6.07, 6.45) is 1.73. The molecule has 1 aliphatic carbocycles. The van der Waals surface area contributed by atoms with E-state index in [9.17, 15) is 0 Å². The predicted molar refractivity (Wildman–Crippen MR) is 244 cm³/mol. The fraction of sp³-hybridized carbons (Fsp3) is 0.231. The molecule has 0 saturated heterocycles. The molecule has 6 aromatic carbocycles. The highest BCUT2D eigenvalue weighted by Crippen LogP contribution is 2.82. The topological polar surface area (TPSA) is 64.5 Å². The van der Waals surface area contributed by atoms with Crippen LogP contribution in [0.2, 0.25) is 0 Å². The van der Waals surface area contributed by atoms with E-state index in [1.807, 2.05) is 6.07 Å². The molecule has 8 heteroatoms.